The zero-order chi connectivity index (χ0) is 25.9. The van der Waals surface area contributed by atoms with Crippen LogP contribution in [0.25, 0.3) is 0 Å². The predicted molar refractivity (Wildman–Crippen MR) is 139 cm³/mol. The minimum absolute atomic E-state index is 0.0463. The summed E-state index contributed by atoms with van der Waals surface area (Å²) in [7, 11) is 1.36. The quantitative estimate of drug-likeness (QED) is 0.544. The minimum atomic E-state index is -0.674. The number of ether oxygens (including phenoxy) is 2. The molecule has 0 radical (unpaired) electrons. The largest absolute Gasteiger partial charge is 0.469 e. The molecule has 1 saturated heterocycles. The Hall–Kier alpha value is -3.00. The summed E-state index contributed by atoms with van der Waals surface area (Å²) in [5.74, 6) is -0.509. The number of fused-ring (bicyclic) bond motifs is 1. The van der Waals surface area contributed by atoms with Crippen LogP contribution in [-0.2, 0) is 32.0 Å². The summed E-state index contributed by atoms with van der Waals surface area (Å²) in [4.78, 5) is 43.9. The van der Waals surface area contributed by atoms with Crippen molar-refractivity contribution in [3.05, 3.63) is 65.7 Å². The highest BCUT2D eigenvalue weighted by atomic mass is 32.2. The third-order valence-electron chi connectivity index (χ3n) is 6.49. The van der Waals surface area contributed by atoms with Crippen LogP contribution < -0.4 is 0 Å². The maximum atomic E-state index is 14.1. The molecule has 0 spiro atoms. The van der Waals surface area contributed by atoms with Crippen LogP contribution >= 0.6 is 11.8 Å². The van der Waals surface area contributed by atoms with Crippen LogP contribution in [0, 0.1) is 0 Å². The third kappa shape index (κ3) is 6.22. The number of hydrogen-bond donors (Lipinski definition) is 0. The summed E-state index contributed by atoms with van der Waals surface area (Å²) in [6.07, 6.45) is 0.704. The molecule has 3 atom stereocenters. The Morgan fingerprint density at radius 1 is 0.972 bits per heavy atom. The molecule has 0 bridgehead atoms. The maximum Gasteiger partial charge on any atom is 0.411 e. The van der Waals surface area contributed by atoms with Gasteiger partial charge in [-0.05, 0) is 56.9 Å². The highest BCUT2D eigenvalue weighted by Gasteiger charge is 2.45. The van der Waals surface area contributed by atoms with Crippen LogP contribution in [-0.4, -0.2) is 64.4 Å². The SMILES string of the molecule is COC(=O)C[C@H]1Cc2ccccc2CN1C(=O)[C@H]1C[C@H](Sc2ccccc2)CN1C(=O)OC(C)(C)C. The second-order valence-corrected chi connectivity index (χ2v) is 11.7. The van der Waals surface area contributed by atoms with Crippen LogP contribution in [0.3, 0.4) is 0 Å². The van der Waals surface area contributed by atoms with Gasteiger partial charge in [0.1, 0.15) is 11.6 Å². The summed E-state index contributed by atoms with van der Waals surface area (Å²) in [6.45, 7) is 6.27. The number of amides is 2. The van der Waals surface area contributed by atoms with Gasteiger partial charge in [-0.1, -0.05) is 42.5 Å². The summed E-state index contributed by atoms with van der Waals surface area (Å²) in [6, 6.07) is 17.0. The molecule has 8 heteroatoms. The smallest absolute Gasteiger partial charge is 0.411 e. The molecule has 0 aliphatic carbocycles. The van der Waals surface area contributed by atoms with Crippen molar-refractivity contribution in [1.82, 2.24) is 9.80 Å². The second-order valence-electron chi connectivity index (χ2n) is 10.3. The van der Waals surface area contributed by atoms with E-state index < -0.39 is 17.7 Å². The van der Waals surface area contributed by atoms with E-state index in [0.717, 1.165) is 16.0 Å². The molecule has 0 saturated carbocycles. The van der Waals surface area contributed by atoms with E-state index in [1.807, 2.05) is 75.4 Å². The van der Waals surface area contributed by atoms with Crippen LogP contribution in [0.1, 0.15) is 44.7 Å². The fourth-order valence-electron chi connectivity index (χ4n) is 4.83. The van der Waals surface area contributed by atoms with Gasteiger partial charge in [-0.3, -0.25) is 14.5 Å². The zero-order valence-corrected chi connectivity index (χ0v) is 22.1. The molecule has 36 heavy (non-hydrogen) atoms. The molecule has 4 rings (SSSR count). The first-order valence-electron chi connectivity index (χ1n) is 12.3. The van der Waals surface area contributed by atoms with Crippen LogP contribution in [0.2, 0.25) is 0 Å². The summed E-state index contributed by atoms with van der Waals surface area (Å²) >= 11 is 1.67. The number of rotatable bonds is 5. The fourth-order valence-corrected chi connectivity index (χ4v) is 6.04. The molecule has 0 N–H and O–H groups in total. The number of carbonyl (C=O) groups is 3. The first kappa shape index (κ1) is 26.1. The number of thioether (sulfide) groups is 1. The monoisotopic (exact) mass is 510 g/mol. The van der Waals surface area contributed by atoms with Crippen molar-refractivity contribution in [2.75, 3.05) is 13.7 Å². The van der Waals surface area contributed by atoms with Crippen molar-refractivity contribution >= 4 is 29.7 Å². The van der Waals surface area contributed by atoms with Gasteiger partial charge >= 0.3 is 12.1 Å². The van der Waals surface area contributed by atoms with Gasteiger partial charge < -0.3 is 14.4 Å². The number of carbonyl (C=O) groups excluding carboxylic acids is 3. The molecule has 2 aromatic carbocycles. The van der Waals surface area contributed by atoms with Crippen molar-refractivity contribution in [3.63, 3.8) is 0 Å². The topological polar surface area (TPSA) is 76.2 Å². The lowest BCUT2D eigenvalue weighted by molar-refractivity contribution is -0.146. The molecule has 0 unspecified atom stereocenters. The standard InChI is InChI=1S/C28H34N2O5S/c1-28(2,3)35-27(33)30-18-23(36-22-12-6-5-7-13-22)16-24(30)26(32)29-17-20-11-9-8-10-19(20)14-21(29)15-25(31)34-4/h5-13,21,23-24H,14-18H2,1-4H3/t21-,23+,24-/m1/s1. The van der Waals surface area contributed by atoms with E-state index >= 15 is 0 Å². The number of esters is 1. The average molecular weight is 511 g/mol. The van der Waals surface area contributed by atoms with E-state index in [4.69, 9.17) is 9.47 Å². The van der Waals surface area contributed by atoms with Gasteiger partial charge in [0.05, 0.1) is 13.5 Å². The summed E-state index contributed by atoms with van der Waals surface area (Å²) < 4.78 is 10.6. The Balaban J connectivity index is 1.60. The molecule has 2 heterocycles. The van der Waals surface area contributed by atoms with Gasteiger partial charge in [-0.25, -0.2) is 4.79 Å². The van der Waals surface area contributed by atoms with E-state index in [1.54, 1.807) is 21.6 Å². The highest BCUT2D eigenvalue weighted by Crippen LogP contribution is 2.36. The second kappa shape index (κ2) is 10.9. The number of hydrogen-bond acceptors (Lipinski definition) is 6. The summed E-state index contributed by atoms with van der Waals surface area (Å²) in [5.41, 5.74) is 1.51. The fraction of sp³-hybridized carbons (Fsp3) is 0.464. The van der Waals surface area contributed by atoms with E-state index in [2.05, 4.69) is 0 Å². The van der Waals surface area contributed by atoms with E-state index in [0.29, 0.717) is 25.9 Å². The lowest BCUT2D eigenvalue weighted by Crippen LogP contribution is -2.53. The number of nitrogens with zero attached hydrogens (tertiary/aromatic N) is 2. The van der Waals surface area contributed by atoms with Crippen LogP contribution in [0.4, 0.5) is 4.79 Å². The number of likely N-dealkylation sites (tertiary alicyclic amines) is 1. The minimum Gasteiger partial charge on any atom is -0.469 e. The Morgan fingerprint density at radius 2 is 1.64 bits per heavy atom. The van der Waals surface area contributed by atoms with Gasteiger partial charge in [0, 0.05) is 29.3 Å². The van der Waals surface area contributed by atoms with E-state index in [-0.39, 0.29) is 29.6 Å². The van der Waals surface area contributed by atoms with Crippen LogP contribution in [0.5, 0.6) is 0 Å². The Kier molecular flexibility index (Phi) is 7.93. The van der Waals surface area contributed by atoms with Gasteiger partial charge in [-0.2, -0.15) is 0 Å². The lowest BCUT2D eigenvalue weighted by atomic mass is 9.91. The van der Waals surface area contributed by atoms with E-state index in [9.17, 15) is 14.4 Å². The van der Waals surface area contributed by atoms with Crippen molar-refractivity contribution in [2.45, 2.75) is 74.4 Å². The van der Waals surface area contributed by atoms with Crippen molar-refractivity contribution in [1.29, 1.82) is 0 Å². The van der Waals surface area contributed by atoms with E-state index in [1.165, 1.54) is 7.11 Å². The molecular formula is C28H34N2O5S. The molecule has 0 aromatic heterocycles. The molecule has 1 fully saturated rings. The number of methoxy groups -OCH3 is 1. The lowest BCUT2D eigenvalue weighted by Gasteiger charge is -2.39. The van der Waals surface area contributed by atoms with Gasteiger partial charge in [-0.15, -0.1) is 11.8 Å². The van der Waals surface area contributed by atoms with Crippen LogP contribution in [0.15, 0.2) is 59.5 Å². The Labute approximate surface area is 217 Å². The third-order valence-corrected chi connectivity index (χ3v) is 7.71. The van der Waals surface area contributed by atoms with Crippen molar-refractivity contribution in [2.24, 2.45) is 0 Å². The molecule has 2 amide bonds. The van der Waals surface area contributed by atoms with Crippen molar-refractivity contribution < 1.29 is 23.9 Å². The predicted octanol–water partition coefficient (Wildman–Crippen LogP) is 4.67. The van der Waals surface area contributed by atoms with Gasteiger partial charge in [0.2, 0.25) is 5.91 Å². The molecule has 2 aliphatic heterocycles. The maximum absolute atomic E-state index is 14.1. The Bertz CT molecular complexity index is 1100. The molecular weight excluding hydrogens is 476 g/mol. The molecule has 7 nitrogen and oxygen atoms in total. The summed E-state index contributed by atoms with van der Waals surface area (Å²) in [5, 5.41) is 0.0463. The Morgan fingerprint density at radius 3 is 2.31 bits per heavy atom. The number of benzene rings is 2. The highest BCUT2D eigenvalue weighted by molar-refractivity contribution is 8.00. The first-order chi connectivity index (χ1) is 17.1. The molecule has 2 aromatic rings. The van der Waals surface area contributed by atoms with Crippen molar-refractivity contribution in [3.8, 4) is 0 Å². The van der Waals surface area contributed by atoms with Gasteiger partial charge in [0.15, 0.2) is 0 Å². The average Bonchev–Trinajstić information content (AvgIpc) is 3.26. The molecule has 192 valence electrons. The molecule has 2 aliphatic rings. The van der Waals surface area contributed by atoms with Gasteiger partial charge in [0.25, 0.3) is 0 Å². The first-order valence-corrected chi connectivity index (χ1v) is 13.2. The zero-order valence-electron chi connectivity index (χ0n) is 21.3. The normalized spacial score (nSPS) is 21.6.